The number of imidazole rings is 1. The molecule has 2 N–H and O–H groups in total. The van der Waals surface area contributed by atoms with Gasteiger partial charge in [0.2, 0.25) is 5.95 Å². The maximum Gasteiger partial charge on any atom is 0.201 e. The van der Waals surface area contributed by atoms with Gasteiger partial charge in [0, 0.05) is 6.54 Å². The van der Waals surface area contributed by atoms with Crippen molar-refractivity contribution >= 4 is 40.2 Å². The van der Waals surface area contributed by atoms with E-state index in [0.717, 1.165) is 17.6 Å². The van der Waals surface area contributed by atoms with Crippen LogP contribution in [-0.2, 0) is 6.54 Å². The third-order valence-electron chi connectivity index (χ3n) is 3.95. The van der Waals surface area contributed by atoms with Gasteiger partial charge in [-0.15, -0.1) is 0 Å². The number of hydrogen-bond donors (Lipinski definition) is 1. The second kappa shape index (κ2) is 4.88. The van der Waals surface area contributed by atoms with Gasteiger partial charge in [-0.05, 0) is 23.5 Å². The second-order valence-corrected chi connectivity index (χ2v) is 6.77. The van der Waals surface area contributed by atoms with Gasteiger partial charge in [-0.25, -0.2) is 4.98 Å². The predicted molar refractivity (Wildman–Crippen MR) is 82.8 cm³/mol. The molecule has 1 aromatic carbocycles. The zero-order chi connectivity index (χ0) is 14.4. The van der Waals surface area contributed by atoms with Crippen LogP contribution in [0.3, 0.4) is 0 Å². The van der Waals surface area contributed by atoms with Crippen LogP contribution in [0, 0.1) is 11.3 Å². The van der Waals surface area contributed by atoms with Crippen molar-refractivity contribution in [1.29, 1.82) is 0 Å². The minimum Gasteiger partial charge on any atom is -0.369 e. The topological polar surface area (TPSA) is 43.8 Å². The van der Waals surface area contributed by atoms with Gasteiger partial charge in [-0.2, -0.15) is 0 Å². The molecule has 0 bridgehead atoms. The lowest BCUT2D eigenvalue weighted by atomic mass is 9.81. The molecule has 0 aliphatic rings. The Hall–Kier alpha value is -0.930. The first-order chi connectivity index (χ1) is 8.72. The summed E-state index contributed by atoms with van der Waals surface area (Å²) in [6.07, 6.45) is 0. The summed E-state index contributed by atoms with van der Waals surface area (Å²) >= 11 is 12.1. The number of fused-ring (bicyclic) bond motifs is 1. The van der Waals surface area contributed by atoms with E-state index in [9.17, 15) is 0 Å². The molecule has 0 fully saturated rings. The predicted octanol–water partition coefficient (Wildman–Crippen LogP) is 4.61. The lowest BCUT2D eigenvalue weighted by Gasteiger charge is -2.30. The quantitative estimate of drug-likeness (QED) is 0.899. The second-order valence-electron chi connectivity index (χ2n) is 5.95. The van der Waals surface area contributed by atoms with Gasteiger partial charge in [0.05, 0.1) is 21.1 Å². The average Bonchev–Trinajstić information content (AvgIpc) is 2.56. The van der Waals surface area contributed by atoms with E-state index in [1.807, 2.05) is 10.6 Å². The van der Waals surface area contributed by atoms with Crippen LogP contribution in [0.1, 0.15) is 27.7 Å². The number of aromatic nitrogens is 2. The number of halogens is 2. The summed E-state index contributed by atoms with van der Waals surface area (Å²) in [6, 6.07) is 3.59. The Labute approximate surface area is 123 Å². The van der Waals surface area contributed by atoms with Gasteiger partial charge < -0.3 is 10.3 Å². The molecule has 0 saturated carbocycles. The Balaban J connectivity index is 2.54. The number of rotatable bonds is 3. The number of nitrogens with two attached hydrogens (primary N) is 1. The standard InChI is InChI=1S/C14H19Cl2N3/c1-8(2)14(3,4)7-19-12-6-10(16)9(15)5-11(12)18-13(19)17/h5-6,8H,7H2,1-4H3,(H2,17,18). The van der Waals surface area contributed by atoms with Gasteiger partial charge in [-0.1, -0.05) is 50.9 Å². The molecule has 2 rings (SSSR count). The summed E-state index contributed by atoms with van der Waals surface area (Å²) in [5, 5.41) is 1.03. The zero-order valence-corrected chi connectivity index (χ0v) is 13.2. The van der Waals surface area contributed by atoms with Crippen LogP contribution in [0.2, 0.25) is 10.0 Å². The number of nitrogen functional groups attached to an aromatic ring is 1. The van der Waals surface area contributed by atoms with Crippen LogP contribution in [0.15, 0.2) is 12.1 Å². The van der Waals surface area contributed by atoms with Crippen LogP contribution in [-0.4, -0.2) is 9.55 Å². The zero-order valence-electron chi connectivity index (χ0n) is 11.7. The molecule has 0 aliphatic carbocycles. The van der Waals surface area contributed by atoms with Crippen LogP contribution in [0.25, 0.3) is 11.0 Å². The molecule has 104 valence electrons. The SMILES string of the molecule is CC(C)C(C)(C)Cn1c(N)nc2cc(Cl)c(Cl)cc21. The van der Waals surface area contributed by atoms with E-state index in [0.29, 0.717) is 21.9 Å². The number of benzene rings is 1. The van der Waals surface area contributed by atoms with Gasteiger partial charge in [0.1, 0.15) is 0 Å². The highest BCUT2D eigenvalue weighted by molar-refractivity contribution is 6.42. The number of anilines is 1. The van der Waals surface area contributed by atoms with Crippen molar-refractivity contribution < 1.29 is 0 Å². The number of hydrogen-bond acceptors (Lipinski definition) is 2. The highest BCUT2D eigenvalue weighted by atomic mass is 35.5. The van der Waals surface area contributed by atoms with Gasteiger partial charge >= 0.3 is 0 Å². The largest absolute Gasteiger partial charge is 0.369 e. The first kappa shape index (κ1) is 14.5. The normalized spacial score (nSPS) is 12.6. The third kappa shape index (κ3) is 2.67. The van der Waals surface area contributed by atoms with Crippen molar-refractivity contribution in [1.82, 2.24) is 9.55 Å². The molecule has 0 spiro atoms. The molecule has 5 heteroatoms. The van der Waals surface area contributed by atoms with E-state index >= 15 is 0 Å². The molecule has 2 aromatic rings. The van der Waals surface area contributed by atoms with E-state index in [1.54, 1.807) is 6.07 Å². The smallest absolute Gasteiger partial charge is 0.201 e. The fraction of sp³-hybridized carbons (Fsp3) is 0.500. The Kier molecular flexibility index (Phi) is 3.72. The van der Waals surface area contributed by atoms with Gasteiger partial charge in [0.15, 0.2) is 0 Å². The summed E-state index contributed by atoms with van der Waals surface area (Å²) < 4.78 is 2.01. The van der Waals surface area contributed by atoms with Crippen molar-refractivity contribution in [3.05, 3.63) is 22.2 Å². The first-order valence-electron chi connectivity index (χ1n) is 6.33. The lowest BCUT2D eigenvalue weighted by Crippen LogP contribution is -2.26. The van der Waals surface area contributed by atoms with Crippen molar-refractivity contribution in [2.24, 2.45) is 11.3 Å². The fourth-order valence-corrected chi connectivity index (χ4v) is 2.21. The minimum absolute atomic E-state index is 0.119. The Morgan fingerprint density at radius 2 is 1.84 bits per heavy atom. The Morgan fingerprint density at radius 1 is 1.26 bits per heavy atom. The molecular weight excluding hydrogens is 281 g/mol. The van der Waals surface area contributed by atoms with E-state index in [2.05, 4.69) is 32.7 Å². The number of nitrogens with zero attached hydrogens (tertiary/aromatic N) is 2. The fourth-order valence-electron chi connectivity index (χ4n) is 1.90. The molecule has 0 aliphatic heterocycles. The third-order valence-corrected chi connectivity index (χ3v) is 4.67. The highest BCUT2D eigenvalue weighted by Gasteiger charge is 2.25. The minimum atomic E-state index is 0.119. The summed E-state index contributed by atoms with van der Waals surface area (Å²) in [5.41, 5.74) is 7.86. The van der Waals surface area contributed by atoms with Crippen LogP contribution >= 0.6 is 23.2 Å². The van der Waals surface area contributed by atoms with Crippen molar-refractivity contribution in [2.75, 3.05) is 5.73 Å². The molecular formula is C14H19Cl2N3. The van der Waals surface area contributed by atoms with E-state index < -0.39 is 0 Å². The molecule has 0 atom stereocenters. The molecule has 1 heterocycles. The average molecular weight is 300 g/mol. The lowest BCUT2D eigenvalue weighted by molar-refractivity contribution is 0.214. The van der Waals surface area contributed by atoms with Crippen molar-refractivity contribution in [3.63, 3.8) is 0 Å². The highest BCUT2D eigenvalue weighted by Crippen LogP contribution is 2.33. The van der Waals surface area contributed by atoms with E-state index in [1.165, 1.54) is 0 Å². The van der Waals surface area contributed by atoms with Crippen molar-refractivity contribution in [2.45, 2.75) is 34.2 Å². The van der Waals surface area contributed by atoms with Crippen molar-refractivity contribution in [3.8, 4) is 0 Å². The molecule has 3 nitrogen and oxygen atoms in total. The Bertz CT molecular complexity index is 615. The summed E-state index contributed by atoms with van der Waals surface area (Å²) in [5.74, 6) is 1.04. The monoisotopic (exact) mass is 299 g/mol. The Morgan fingerprint density at radius 3 is 2.42 bits per heavy atom. The van der Waals surface area contributed by atoms with Gasteiger partial charge in [-0.3, -0.25) is 0 Å². The molecule has 0 unspecified atom stereocenters. The molecule has 1 aromatic heterocycles. The van der Waals surface area contributed by atoms with E-state index in [4.69, 9.17) is 28.9 Å². The first-order valence-corrected chi connectivity index (χ1v) is 7.08. The molecule has 0 saturated heterocycles. The summed E-state index contributed by atoms with van der Waals surface area (Å²) in [7, 11) is 0. The van der Waals surface area contributed by atoms with Crippen LogP contribution in [0.5, 0.6) is 0 Å². The summed E-state index contributed by atoms with van der Waals surface area (Å²) in [6.45, 7) is 9.66. The maximum atomic E-state index is 6.09. The molecule has 19 heavy (non-hydrogen) atoms. The summed E-state index contributed by atoms with van der Waals surface area (Å²) in [4.78, 5) is 4.36. The maximum absolute atomic E-state index is 6.09. The van der Waals surface area contributed by atoms with Gasteiger partial charge in [0.25, 0.3) is 0 Å². The van der Waals surface area contributed by atoms with Crippen LogP contribution < -0.4 is 5.73 Å². The molecule has 0 amide bonds. The molecule has 0 radical (unpaired) electrons. The van der Waals surface area contributed by atoms with E-state index in [-0.39, 0.29) is 5.41 Å². The van der Waals surface area contributed by atoms with Crippen LogP contribution in [0.4, 0.5) is 5.95 Å².